The van der Waals surface area contributed by atoms with Gasteiger partial charge in [0.1, 0.15) is 5.82 Å². The number of alkyl halides is 1. The molecule has 1 aromatic carbocycles. The lowest BCUT2D eigenvalue weighted by Crippen LogP contribution is -2.31. The van der Waals surface area contributed by atoms with Crippen molar-refractivity contribution in [2.45, 2.75) is 30.5 Å². The molecule has 5 heteroatoms. The van der Waals surface area contributed by atoms with Gasteiger partial charge in [0.25, 0.3) is 5.91 Å². The molecule has 1 fully saturated rings. The van der Waals surface area contributed by atoms with Crippen LogP contribution in [-0.2, 0) is 0 Å². The average molecular weight is 393 g/mol. The van der Waals surface area contributed by atoms with Crippen molar-refractivity contribution in [3.05, 3.63) is 34.1 Å². The molecule has 1 aliphatic rings. The van der Waals surface area contributed by atoms with Crippen LogP contribution in [-0.4, -0.2) is 17.3 Å². The van der Waals surface area contributed by atoms with Gasteiger partial charge in [-0.3, -0.25) is 4.79 Å². The fourth-order valence-electron chi connectivity index (χ4n) is 2.33. The van der Waals surface area contributed by atoms with E-state index in [1.165, 1.54) is 31.0 Å². The van der Waals surface area contributed by atoms with Crippen molar-refractivity contribution in [2.75, 3.05) is 6.54 Å². The molecule has 0 aromatic heterocycles. The van der Waals surface area contributed by atoms with Gasteiger partial charge in [0.05, 0.1) is 5.56 Å². The highest BCUT2D eigenvalue weighted by Crippen LogP contribution is 2.28. The molecule has 1 amide bonds. The van der Waals surface area contributed by atoms with Crippen LogP contribution in [0.25, 0.3) is 0 Å². The first kappa shape index (κ1) is 15.0. The van der Waals surface area contributed by atoms with E-state index < -0.39 is 0 Å². The minimum atomic E-state index is -0.348. The zero-order valence-corrected chi connectivity index (χ0v) is 13.6. The molecule has 0 atom stereocenters. The number of carbonyl (C=O) groups excluding carboxylic acids is 1. The van der Waals surface area contributed by atoms with Crippen LogP contribution in [0.2, 0.25) is 0 Å². The summed E-state index contributed by atoms with van der Waals surface area (Å²) in [5.74, 6) is 0.0592. The van der Waals surface area contributed by atoms with Gasteiger partial charge in [-0.2, -0.15) is 0 Å². The first-order valence-electron chi connectivity index (χ1n) is 6.43. The van der Waals surface area contributed by atoms with Crippen molar-refractivity contribution in [1.82, 2.24) is 5.32 Å². The van der Waals surface area contributed by atoms with Gasteiger partial charge in [-0.1, -0.05) is 15.9 Å². The molecule has 0 saturated heterocycles. The molecule has 0 radical (unpaired) electrons. The van der Waals surface area contributed by atoms with Crippen molar-refractivity contribution >= 4 is 37.8 Å². The summed E-state index contributed by atoms with van der Waals surface area (Å²) >= 11 is 6.83. The van der Waals surface area contributed by atoms with Gasteiger partial charge in [-0.05, 0) is 65.7 Å². The van der Waals surface area contributed by atoms with Crippen LogP contribution in [0.3, 0.4) is 0 Å². The summed E-state index contributed by atoms with van der Waals surface area (Å²) in [7, 11) is 0. The lowest BCUT2D eigenvalue weighted by atomic mass is 9.89. The van der Waals surface area contributed by atoms with Crippen LogP contribution >= 0.6 is 31.9 Å². The Bertz CT molecular complexity index is 459. The normalized spacial score (nSPS) is 23.1. The van der Waals surface area contributed by atoms with Gasteiger partial charge in [-0.25, -0.2) is 4.39 Å². The first-order chi connectivity index (χ1) is 9.06. The van der Waals surface area contributed by atoms with Crippen molar-refractivity contribution < 1.29 is 9.18 Å². The van der Waals surface area contributed by atoms with Crippen LogP contribution < -0.4 is 5.32 Å². The van der Waals surface area contributed by atoms with Crippen molar-refractivity contribution in [1.29, 1.82) is 0 Å². The van der Waals surface area contributed by atoms with E-state index in [2.05, 4.69) is 37.2 Å². The third kappa shape index (κ3) is 4.28. The summed E-state index contributed by atoms with van der Waals surface area (Å²) < 4.78 is 13.5. The Morgan fingerprint density at radius 3 is 2.63 bits per heavy atom. The van der Waals surface area contributed by atoms with E-state index in [4.69, 9.17) is 0 Å². The molecule has 1 aromatic rings. The third-order valence-corrected chi connectivity index (χ3v) is 5.08. The maximum Gasteiger partial charge on any atom is 0.252 e. The lowest BCUT2D eigenvalue weighted by Gasteiger charge is -2.25. The highest BCUT2D eigenvalue weighted by molar-refractivity contribution is 9.10. The topological polar surface area (TPSA) is 29.1 Å². The molecule has 0 unspecified atom stereocenters. The molecule has 1 saturated carbocycles. The SMILES string of the molecule is O=C(NCC1CCC(Br)CC1)c1ccc(F)cc1Br. The molecule has 2 rings (SSSR count). The summed E-state index contributed by atoms with van der Waals surface area (Å²) in [4.78, 5) is 12.6. The molecule has 0 heterocycles. The Labute approximate surface area is 129 Å². The summed E-state index contributed by atoms with van der Waals surface area (Å²) in [6.07, 6.45) is 4.61. The van der Waals surface area contributed by atoms with Crippen LogP contribution in [0.5, 0.6) is 0 Å². The van der Waals surface area contributed by atoms with Crippen molar-refractivity contribution in [3.63, 3.8) is 0 Å². The Hall–Kier alpha value is -0.420. The Morgan fingerprint density at radius 1 is 1.32 bits per heavy atom. The van der Waals surface area contributed by atoms with E-state index in [1.807, 2.05) is 0 Å². The Kier molecular flexibility index (Phi) is 5.39. The fraction of sp³-hybridized carbons (Fsp3) is 0.500. The summed E-state index contributed by atoms with van der Waals surface area (Å²) in [5, 5.41) is 2.94. The number of carbonyl (C=O) groups is 1. The van der Waals surface area contributed by atoms with Crippen LogP contribution in [0, 0.1) is 11.7 Å². The predicted molar refractivity (Wildman–Crippen MR) is 81.1 cm³/mol. The van der Waals surface area contributed by atoms with Gasteiger partial charge in [0, 0.05) is 15.8 Å². The molecule has 1 N–H and O–H groups in total. The molecule has 0 aliphatic heterocycles. The summed E-state index contributed by atoms with van der Waals surface area (Å²) in [5.41, 5.74) is 0.482. The predicted octanol–water partition coefficient (Wildman–Crippen LogP) is 4.27. The number of rotatable bonds is 3. The lowest BCUT2D eigenvalue weighted by molar-refractivity contribution is 0.0943. The summed E-state index contributed by atoms with van der Waals surface area (Å²) in [6, 6.07) is 4.12. The molecule has 2 nitrogen and oxygen atoms in total. The van der Waals surface area contributed by atoms with E-state index >= 15 is 0 Å². The Balaban J connectivity index is 1.87. The van der Waals surface area contributed by atoms with E-state index in [1.54, 1.807) is 0 Å². The third-order valence-electron chi connectivity index (χ3n) is 3.50. The van der Waals surface area contributed by atoms with Crippen LogP contribution in [0.1, 0.15) is 36.0 Å². The molecular formula is C14H16Br2FNO. The van der Waals surface area contributed by atoms with Gasteiger partial charge in [0.15, 0.2) is 0 Å². The van der Waals surface area contributed by atoms with Gasteiger partial charge < -0.3 is 5.32 Å². The smallest absolute Gasteiger partial charge is 0.252 e. The van der Waals surface area contributed by atoms with Crippen LogP contribution in [0.4, 0.5) is 4.39 Å². The van der Waals surface area contributed by atoms with E-state index in [9.17, 15) is 9.18 Å². The van der Waals surface area contributed by atoms with E-state index in [-0.39, 0.29) is 11.7 Å². The van der Waals surface area contributed by atoms with Gasteiger partial charge in [0.2, 0.25) is 0 Å². The monoisotopic (exact) mass is 391 g/mol. The molecule has 0 bridgehead atoms. The number of halogens is 3. The highest BCUT2D eigenvalue weighted by atomic mass is 79.9. The molecule has 1 aliphatic carbocycles. The van der Waals surface area contributed by atoms with Crippen molar-refractivity contribution in [3.8, 4) is 0 Å². The molecule has 19 heavy (non-hydrogen) atoms. The molecule has 104 valence electrons. The maximum atomic E-state index is 13.0. The van der Waals surface area contributed by atoms with Gasteiger partial charge in [-0.15, -0.1) is 0 Å². The van der Waals surface area contributed by atoms with E-state index in [0.29, 0.717) is 27.3 Å². The highest BCUT2D eigenvalue weighted by Gasteiger charge is 2.20. The van der Waals surface area contributed by atoms with Gasteiger partial charge >= 0.3 is 0 Å². The van der Waals surface area contributed by atoms with Crippen LogP contribution in [0.15, 0.2) is 22.7 Å². The second-order valence-electron chi connectivity index (χ2n) is 4.95. The quantitative estimate of drug-likeness (QED) is 0.764. The summed E-state index contributed by atoms with van der Waals surface area (Å²) in [6.45, 7) is 0.697. The number of amides is 1. The van der Waals surface area contributed by atoms with E-state index in [0.717, 1.165) is 12.8 Å². The zero-order chi connectivity index (χ0) is 13.8. The molecular weight excluding hydrogens is 377 g/mol. The number of benzene rings is 1. The Morgan fingerprint density at radius 2 is 2.00 bits per heavy atom. The molecule has 0 spiro atoms. The largest absolute Gasteiger partial charge is 0.352 e. The standard InChI is InChI=1S/C14H16Br2FNO/c15-10-3-1-9(2-4-10)8-18-14(19)12-6-5-11(17)7-13(12)16/h5-7,9-10H,1-4,8H2,(H,18,19). The second-order valence-corrected chi connectivity index (χ2v) is 7.10. The fourth-order valence-corrected chi connectivity index (χ4v) is 3.39. The average Bonchev–Trinajstić information content (AvgIpc) is 2.37. The maximum absolute atomic E-state index is 13.0. The van der Waals surface area contributed by atoms with Crippen molar-refractivity contribution in [2.24, 2.45) is 5.92 Å². The second kappa shape index (κ2) is 6.84. The number of nitrogens with one attached hydrogen (secondary N) is 1. The first-order valence-corrected chi connectivity index (χ1v) is 8.14. The number of hydrogen-bond donors (Lipinski definition) is 1. The minimum absolute atomic E-state index is 0.146. The number of hydrogen-bond acceptors (Lipinski definition) is 1. The minimum Gasteiger partial charge on any atom is -0.352 e. The zero-order valence-electron chi connectivity index (χ0n) is 10.5.